The van der Waals surface area contributed by atoms with Gasteiger partial charge in [-0.05, 0) is 36.2 Å². The van der Waals surface area contributed by atoms with E-state index in [2.05, 4.69) is 10.6 Å². The molecule has 3 aromatic carbocycles. The van der Waals surface area contributed by atoms with Crippen LogP contribution in [-0.4, -0.2) is 26.0 Å². The van der Waals surface area contributed by atoms with E-state index >= 15 is 0 Å². The van der Waals surface area contributed by atoms with Crippen molar-refractivity contribution in [1.29, 1.82) is 0 Å². The molecular formula is C25H25ClN2O4. The summed E-state index contributed by atoms with van der Waals surface area (Å²) in [6, 6.07) is 19.1. The molecule has 0 spiro atoms. The zero-order valence-corrected chi connectivity index (χ0v) is 18.9. The largest absolute Gasteiger partial charge is 0.493 e. The Morgan fingerprint density at radius 3 is 2.22 bits per heavy atom. The van der Waals surface area contributed by atoms with Crippen LogP contribution in [0, 0.1) is 6.92 Å². The van der Waals surface area contributed by atoms with Crippen molar-refractivity contribution >= 4 is 29.1 Å². The molecule has 7 heteroatoms. The van der Waals surface area contributed by atoms with Crippen LogP contribution in [0.5, 0.6) is 11.5 Å². The Kier molecular flexibility index (Phi) is 7.73. The minimum Gasteiger partial charge on any atom is -0.493 e. The van der Waals surface area contributed by atoms with Crippen molar-refractivity contribution in [3.05, 3.63) is 88.4 Å². The number of amides is 2. The average Bonchev–Trinajstić information content (AvgIpc) is 2.80. The lowest BCUT2D eigenvalue weighted by Crippen LogP contribution is -2.31. The van der Waals surface area contributed by atoms with Crippen LogP contribution in [0.15, 0.2) is 66.7 Å². The van der Waals surface area contributed by atoms with Gasteiger partial charge in [-0.25, -0.2) is 0 Å². The van der Waals surface area contributed by atoms with Crippen LogP contribution in [0.3, 0.4) is 0 Å². The van der Waals surface area contributed by atoms with E-state index in [-0.39, 0.29) is 18.2 Å². The van der Waals surface area contributed by atoms with Crippen molar-refractivity contribution in [2.45, 2.75) is 19.4 Å². The van der Waals surface area contributed by atoms with E-state index in [1.807, 2.05) is 37.3 Å². The highest BCUT2D eigenvalue weighted by Crippen LogP contribution is 2.33. The molecular weight excluding hydrogens is 428 g/mol. The Labute approximate surface area is 192 Å². The molecule has 6 nitrogen and oxygen atoms in total. The molecule has 2 N–H and O–H groups in total. The fraction of sp³-hybridized carbons (Fsp3) is 0.200. The first kappa shape index (κ1) is 23.2. The van der Waals surface area contributed by atoms with Gasteiger partial charge in [-0.1, -0.05) is 54.1 Å². The minimum atomic E-state index is -0.541. The Morgan fingerprint density at radius 2 is 1.56 bits per heavy atom. The number of nitrogens with one attached hydrogen (secondary N) is 2. The first-order valence-corrected chi connectivity index (χ1v) is 10.4. The molecule has 1 atom stereocenters. The van der Waals surface area contributed by atoms with E-state index in [9.17, 15) is 9.59 Å². The van der Waals surface area contributed by atoms with Gasteiger partial charge in [-0.2, -0.15) is 0 Å². The van der Waals surface area contributed by atoms with Crippen LogP contribution in [-0.2, 0) is 4.79 Å². The predicted octanol–water partition coefficient (Wildman–Crippen LogP) is 5.17. The summed E-state index contributed by atoms with van der Waals surface area (Å²) in [6.07, 6.45) is 0.0357. The van der Waals surface area contributed by atoms with Crippen LogP contribution in [0.1, 0.15) is 33.9 Å². The number of ether oxygens (including phenoxy) is 2. The third-order valence-corrected chi connectivity index (χ3v) is 5.35. The number of methoxy groups -OCH3 is 2. The number of hydrogen-bond donors (Lipinski definition) is 2. The Hall–Kier alpha value is -3.51. The van der Waals surface area contributed by atoms with Gasteiger partial charge in [-0.3, -0.25) is 9.59 Å². The van der Waals surface area contributed by atoms with Gasteiger partial charge in [0, 0.05) is 11.8 Å². The van der Waals surface area contributed by atoms with Gasteiger partial charge in [0.25, 0.3) is 5.91 Å². The highest BCUT2D eigenvalue weighted by Gasteiger charge is 2.21. The second-order valence-electron chi connectivity index (χ2n) is 7.19. The van der Waals surface area contributed by atoms with E-state index < -0.39 is 6.04 Å². The molecule has 166 valence electrons. The Bertz CT molecular complexity index is 1100. The Morgan fingerprint density at radius 1 is 0.938 bits per heavy atom. The molecule has 2 amide bonds. The first-order valence-electron chi connectivity index (χ1n) is 10.1. The summed E-state index contributed by atoms with van der Waals surface area (Å²) in [5.74, 6) is 0.491. The summed E-state index contributed by atoms with van der Waals surface area (Å²) in [7, 11) is 3.09. The highest BCUT2D eigenvalue weighted by molar-refractivity contribution is 6.33. The van der Waals surface area contributed by atoms with E-state index in [0.29, 0.717) is 27.8 Å². The van der Waals surface area contributed by atoms with E-state index in [4.69, 9.17) is 21.1 Å². The van der Waals surface area contributed by atoms with E-state index in [1.54, 1.807) is 43.5 Å². The maximum atomic E-state index is 12.9. The lowest BCUT2D eigenvalue weighted by atomic mass is 10.0. The molecule has 0 aliphatic rings. The zero-order valence-electron chi connectivity index (χ0n) is 18.1. The van der Waals surface area contributed by atoms with Crippen molar-refractivity contribution in [3.63, 3.8) is 0 Å². The number of benzene rings is 3. The summed E-state index contributed by atoms with van der Waals surface area (Å²) in [5, 5.41) is 6.19. The third kappa shape index (κ3) is 5.59. The van der Waals surface area contributed by atoms with Crippen molar-refractivity contribution < 1.29 is 19.1 Å². The van der Waals surface area contributed by atoms with Gasteiger partial charge >= 0.3 is 0 Å². The molecule has 0 aliphatic heterocycles. The number of halogens is 1. The van der Waals surface area contributed by atoms with Gasteiger partial charge < -0.3 is 20.1 Å². The van der Waals surface area contributed by atoms with Gasteiger partial charge in [0.2, 0.25) is 5.91 Å². The molecule has 3 rings (SSSR count). The quantitative estimate of drug-likeness (QED) is 0.494. The fourth-order valence-electron chi connectivity index (χ4n) is 3.32. The van der Waals surface area contributed by atoms with Crippen molar-refractivity contribution in [1.82, 2.24) is 5.32 Å². The second-order valence-corrected chi connectivity index (χ2v) is 7.60. The van der Waals surface area contributed by atoms with Crippen LogP contribution < -0.4 is 20.1 Å². The lowest BCUT2D eigenvalue weighted by Gasteiger charge is -2.20. The molecule has 0 heterocycles. The van der Waals surface area contributed by atoms with Gasteiger partial charge in [0.15, 0.2) is 11.5 Å². The first-order chi connectivity index (χ1) is 15.4. The number of aryl methyl sites for hydroxylation is 1. The smallest absolute Gasteiger partial charge is 0.253 e. The van der Waals surface area contributed by atoms with Crippen molar-refractivity contribution in [3.8, 4) is 11.5 Å². The van der Waals surface area contributed by atoms with Gasteiger partial charge in [0.1, 0.15) is 0 Å². The normalized spacial score (nSPS) is 11.4. The molecule has 3 aromatic rings. The SMILES string of the molecule is COc1cc(C)c(NC(=O)C[C@@H](NC(=O)c2ccccc2Cl)c2ccccc2)cc1OC. The lowest BCUT2D eigenvalue weighted by molar-refractivity contribution is -0.116. The maximum Gasteiger partial charge on any atom is 0.253 e. The van der Waals surface area contributed by atoms with Gasteiger partial charge in [0.05, 0.1) is 37.3 Å². The maximum absolute atomic E-state index is 12.9. The summed E-state index contributed by atoms with van der Waals surface area (Å²) >= 11 is 6.17. The van der Waals surface area contributed by atoms with Crippen LogP contribution in [0.25, 0.3) is 0 Å². The molecule has 0 aromatic heterocycles. The molecule has 0 saturated heterocycles. The third-order valence-electron chi connectivity index (χ3n) is 5.02. The number of rotatable bonds is 8. The summed E-state index contributed by atoms with van der Waals surface area (Å²) in [6.45, 7) is 1.87. The topological polar surface area (TPSA) is 76.7 Å². The average molecular weight is 453 g/mol. The van der Waals surface area contributed by atoms with Crippen LogP contribution in [0.2, 0.25) is 5.02 Å². The molecule has 0 saturated carbocycles. The predicted molar refractivity (Wildman–Crippen MR) is 126 cm³/mol. The van der Waals surface area contributed by atoms with E-state index in [1.165, 1.54) is 7.11 Å². The Balaban J connectivity index is 1.80. The number of hydrogen-bond acceptors (Lipinski definition) is 4. The molecule has 0 fully saturated rings. The fourth-order valence-corrected chi connectivity index (χ4v) is 3.54. The van der Waals surface area contributed by atoms with Gasteiger partial charge in [-0.15, -0.1) is 0 Å². The van der Waals surface area contributed by atoms with Crippen molar-refractivity contribution in [2.24, 2.45) is 0 Å². The number of carbonyl (C=O) groups excluding carboxylic acids is 2. The highest BCUT2D eigenvalue weighted by atomic mass is 35.5. The summed E-state index contributed by atoms with van der Waals surface area (Å²) < 4.78 is 10.6. The van der Waals surface area contributed by atoms with Crippen LogP contribution >= 0.6 is 11.6 Å². The van der Waals surface area contributed by atoms with E-state index in [0.717, 1.165) is 11.1 Å². The molecule has 32 heavy (non-hydrogen) atoms. The molecule has 0 unspecified atom stereocenters. The monoisotopic (exact) mass is 452 g/mol. The second kappa shape index (κ2) is 10.7. The zero-order chi connectivity index (χ0) is 23.1. The van der Waals surface area contributed by atoms with Crippen molar-refractivity contribution in [2.75, 3.05) is 19.5 Å². The number of anilines is 1. The molecule has 0 bridgehead atoms. The molecule has 0 radical (unpaired) electrons. The summed E-state index contributed by atoms with van der Waals surface area (Å²) in [5.41, 5.74) is 2.60. The number of carbonyl (C=O) groups is 2. The molecule has 0 aliphatic carbocycles. The van der Waals surface area contributed by atoms with Crippen LogP contribution in [0.4, 0.5) is 5.69 Å². The standard InChI is InChI=1S/C25H25ClN2O4/c1-16-13-22(31-2)23(32-3)14-20(16)27-24(29)15-21(17-9-5-4-6-10-17)28-25(30)18-11-7-8-12-19(18)26/h4-14,21H,15H2,1-3H3,(H,27,29)(H,28,30)/t21-/m1/s1. The minimum absolute atomic E-state index is 0.0357. The summed E-state index contributed by atoms with van der Waals surface area (Å²) in [4.78, 5) is 25.8.